The van der Waals surface area contributed by atoms with Crippen LogP contribution in [-0.4, -0.2) is 0 Å². The van der Waals surface area contributed by atoms with Crippen LogP contribution in [0.1, 0.15) is 0 Å². The third-order valence-electron chi connectivity index (χ3n) is 11.8. The Labute approximate surface area is 345 Å². The largest absolute Gasteiger partial charge is 0.453 e. The van der Waals surface area contributed by atoms with Gasteiger partial charge in [0.15, 0.2) is 5.58 Å². The summed E-state index contributed by atoms with van der Waals surface area (Å²) in [4.78, 5) is 2.43. The summed E-state index contributed by atoms with van der Waals surface area (Å²) in [6, 6.07) is 76.8. The molecule has 3 heteroatoms. The average Bonchev–Trinajstić information content (AvgIpc) is 3.89. The summed E-state index contributed by atoms with van der Waals surface area (Å²) in [7, 11) is 0. The van der Waals surface area contributed by atoms with Gasteiger partial charge in [-0.1, -0.05) is 170 Å². The van der Waals surface area contributed by atoms with Crippen LogP contribution in [0.4, 0.5) is 17.1 Å². The minimum atomic E-state index is 0.852. The van der Waals surface area contributed by atoms with Crippen molar-refractivity contribution in [1.82, 2.24) is 0 Å². The second-order valence-corrected chi connectivity index (χ2v) is 16.3. The highest BCUT2D eigenvalue weighted by atomic mass is 32.1. The number of furan rings is 1. The van der Waals surface area contributed by atoms with Crippen LogP contribution >= 0.6 is 11.3 Å². The highest BCUT2D eigenvalue weighted by Gasteiger charge is 2.25. The van der Waals surface area contributed by atoms with Gasteiger partial charge in [0.25, 0.3) is 0 Å². The van der Waals surface area contributed by atoms with E-state index < -0.39 is 0 Å². The fraction of sp³-hybridized carbons (Fsp3) is 0. The summed E-state index contributed by atoms with van der Waals surface area (Å²) in [6.45, 7) is 0. The fourth-order valence-electron chi connectivity index (χ4n) is 9.08. The summed E-state index contributed by atoms with van der Waals surface area (Å²) < 4.78 is 9.82. The van der Waals surface area contributed by atoms with Crippen LogP contribution in [0.15, 0.2) is 217 Å². The third kappa shape index (κ3) is 5.47. The fourth-order valence-corrected chi connectivity index (χ4v) is 10.3. The summed E-state index contributed by atoms with van der Waals surface area (Å²) in [6.07, 6.45) is 0. The molecule has 12 aromatic rings. The minimum Gasteiger partial charge on any atom is -0.453 e. The van der Waals surface area contributed by atoms with Gasteiger partial charge in [-0.2, -0.15) is 0 Å². The minimum absolute atomic E-state index is 0.852. The molecule has 2 heterocycles. The number of fused-ring (bicyclic) bond motifs is 9. The Hall–Kier alpha value is -7.46. The van der Waals surface area contributed by atoms with E-state index in [-0.39, 0.29) is 0 Å². The molecule has 0 N–H and O–H groups in total. The normalized spacial score (nSPS) is 11.7. The molecule has 0 aliphatic rings. The monoisotopic (exact) mass is 769 g/mol. The Balaban J connectivity index is 1.19. The SMILES string of the molecule is c1ccc(-c2ccc(N(c3cc(-c4ccccc4)cc4c3oc3c5ccccc5c(-c5cccc6ccccc56)cc43)c3cccc4c3sc3ccccc34)cc2)cc1. The van der Waals surface area contributed by atoms with Gasteiger partial charge < -0.3 is 9.32 Å². The first-order valence-electron chi connectivity index (χ1n) is 20.1. The number of nitrogens with zero attached hydrogens (tertiary/aromatic N) is 1. The van der Waals surface area contributed by atoms with Gasteiger partial charge >= 0.3 is 0 Å². The lowest BCUT2D eigenvalue weighted by molar-refractivity contribution is 0.673. The van der Waals surface area contributed by atoms with E-state index in [9.17, 15) is 0 Å². The first kappa shape index (κ1) is 33.7. The molecule has 2 nitrogen and oxygen atoms in total. The molecule has 0 bridgehead atoms. The molecule has 0 radical (unpaired) electrons. The molecule has 12 rings (SSSR count). The van der Waals surface area contributed by atoms with Crippen molar-refractivity contribution >= 4 is 92.1 Å². The van der Waals surface area contributed by atoms with Gasteiger partial charge in [0.1, 0.15) is 5.58 Å². The molecule has 0 aliphatic heterocycles. The molecule has 0 fully saturated rings. The number of rotatable bonds is 6. The molecular formula is C56H35NOS. The van der Waals surface area contributed by atoms with Gasteiger partial charge in [0.05, 0.1) is 16.1 Å². The molecule has 0 atom stereocenters. The van der Waals surface area contributed by atoms with Crippen LogP contribution in [-0.2, 0) is 0 Å². The Morgan fingerprint density at radius 2 is 0.932 bits per heavy atom. The van der Waals surface area contributed by atoms with Crippen LogP contribution in [0.25, 0.3) is 97.0 Å². The van der Waals surface area contributed by atoms with Gasteiger partial charge in [0, 0.05) is 37.3 Å². The number of anilines is 3. The standard InChI is InChI=1S/C56H35NOS/c1-3-15-36(16-4-1)38-29-31-41(32-30-38)57(51-27-14-26-47-45-23-11-12-28-53(45)59-56(47)51)52-34-40(37-17-5-2-6-18-37)33-49-50-35-48(43-25-13-20-39-19-7-8-21-42(39)43)44-22-9-10-24-46(44)54(50)58-55(49)52/h1-35H. The Morgan fingerprint density at radius 1 is 0.339 bits per heavy atom. The number of benzene rings is 10. The molecule has 0 unspecified atom stereocenters. The first-order valence-corrected chi connectivity index (χ1v) is 20.9. The Kier molecular flexibility index (Phi) is 7.75. The molecule has 0 saturated heterocycles. The van der Waals surface area contributed by atoms with Crippen molar-refractivity contribution in [3.8, 4) is 33.4 Å². The lowest BCUT2D eigenvalue weighted by Gasteiger charge is -2.27. The maximum absolute atomic E-state index is 7.32. The van der Waals surface area contributed by atoms with Crippen LogP contribution in [0, 0.1) is 0 Å². The van der Waals surface area contributed by atoms with Gasteiger partial charge in [-0.15, -0.1) is 11.3 Å². The number of thiophene rings is 1. The van der Waals surface area contributed by atoms with E-state index in [1.807, 2.05) is 11.3 Å². The van der Waals surface area contributed by atoms with Gasteiger partial charge in [-0.25, -0.2) is 0 Å². The average molecular weight is 770 g/mol. The molecule has 276 valence electrons. The van der Waals surface area contributed by atoms with Crippen molar-refractivity contribution in [3.05, 3.63) is 212 Å². The molecule has 10 aromatic carbocycles. The van der Waals surface area contributed by atoms with E-state index in [4.69, 9.17) is 4.42 Å². The highest BCUT2D eigenvalue weighted by Crippen LogP contribution is 2.50. The van der Waals surface area contributed by atoms with Crippen molar-refractivity contribution in [1.29, 1.82) is 0 Å². The van der Waals surface area contributed by atoms with Gasteiger partial charge in [-0.05, 0) is 92.0 Å². The van der Waals surface area contributed by atoms with E-state index in [1.54, 1.807) is 0 Å². The zero-order valence-corrected chi connectivity index (χ0v) is 32.8. The predicted molar refractivity (Wildman–Crippen MR) is 253 cm³/mol. The van der Waals surface area contributed by atoms with Gasteiger partial charge in [0.2, 0.25) is 0 Å². The molecular weight excluding hydrogens is 735 g/mol. The second-order valence-electron chi connectivity index (χ2n) is 15.2. The highest BCUT2D eigenvalue weighted by molar-refractivity contribution is 7.26. The zero-order chi connectivity index (χ0) is 38.9. The maximum Gasteiger partial charge on any atom is 0.159 e. The molecule has 0 saturated carbocycles. The smallest absolute Gasteiger partial charge is 0.159 e. The van der Waals surface area contributed by atoms with E-state index in [1.165, 1.54) is 58.6 Å². The van der Waals surface area contributed by atoms with E-state index in [0.29, 0.717) is 0 Å². The maximum atomic E-state index is 7.32. The lowest BCUT2D eigenvalue weighted by Crippen LogP contribution is -2.10. The molecule has 0 spiro atoms. The lowest BCUT2D eigenvalue weighted by atomic mass is 9.92. The summed E-state index contributed by atoms with van der Waals surface area (Å²) >= 11 is 1.85. The van der Waals surface area contributed by atoms with Crippen molar-refractivity contribution in [2.75, 3.05) is 4.90 Å². The van der Waals surface area contributed by atoms with Crippen molar-refractivity contribution in [2.45, 2.75) is 0 Å². The van der Waals surface area contributed by atoms with Crippen molar-refractivity contribution in [3.63, 3.8) is 0 Å². The molecule has 59 heavy (non-hydrogen) atoms. The van der Waals surface area contributed by atoms with Crippen molar-refractivity contribution < 1.29 is 4.42 Å². The van der Waals surface area contributed by atoms with Crippen LogP contribution in [0.3, 0.4) is 0 Å². The van der Waals surface area contributed by atoms with E-state index in [0.717, 1.165) is 55.5 Å². The molecule has 0 amide bonds. The van der Waals surface area contributed by atoms with Crippen LogP contribution in [0.5, 0.6) is 0 Å². The zero-order valence-electron chi connectivity index (χ0n) is 32.0. The predicted octanol–water partition coefficient (Wildman–Crippen LogP) is 16.7. The summed E-state index contributed by atoms with van der Waals surface area (Å²) in [5.41, 5.74) is 12.0. The van der Waals surface area contributed by atoms with Gasteiger partial charge in [-0.3, -0.25) is 0 Å². The van der Waals surface area contributed by atoms with Crippen LogP contribution in [0.2, 0.25) is 0 Å². The molecule has 2 aromatic heterocycles. The molecule has 0 aliphatic carbocycles. The summed E-state index contributed by atoms with van der Waals surface area (Å²) in [5.74, 6) is 0. The Morgan fingerprint density at radius 3 is 1.73 bits per heavy atom. The van der Waals surface area contributed by atoms with Crippen molar-refractivity contribution in [2.24, 2.45) is 0 Å². The topological polar surface area (TPSA) is 16.4 Å². The quantitative estimate of drug-likeness (QED) is 0.167. The second kappa shape index (κ2) is 13.6. The van der Waals surface area contributed by atoms with E-state index in [2.05, 4.69) is 217 Å². The van der Waals surface area contributed by atoms with Crippen LogP contribution < -0.4 is 4.90 Å². The summed E-state index contributed by atoms with van der Waals surface area (Å²) in [5, 5.41) is 9.43. The Bertz CT molecular complexity index is 3540. The number of hydrogen-bond acceptors (Lipinski definition) is 3. The number of hydrogen-bond donors (Lipinski definition) is 0. The third-order valence-corrected chi connectivity index (χ3v) is 13.1. The van der Waals surface area contributed by atoms with E-state index >= 15 is 0 Å². The first-order chi connectivity index (χ1) is 29.3.